The van der Waals surface area contributed by atoms with Gasteiger partial charge in [0.1, 0.15) is 0 Å². The van der Waals surface area contributed by atoms with E-state index in [0.717, 1.165) is 10.9 Å². The van der Waals surface area contributed by atoms with Crippen LogP contribution in [-0.4, -0.2) is 4.98 Å². The van der Waals surface area contributed by atoms with Crippen molar-refractivity contribution in [1.29, 1.82) is 0 Å². The maximum Gasteiger partial charge on any atom is 0.0708 e. The van der Waals surface area contributed by atoms with Crippen molar-refractivity contribution >= 4 is 85.5 Å². The highest BCUT2D eigenvalue weighted by Crippen LogP contribution is 2.52. The summed E-state index contributed by atoms with van der Waals surface area (Å²) in [5.74, 6) is 0. The Morgan fingerprint density at radius 2 is 0.754 bits per heavy atom. The number of hydrogen-bond acceptors (Lipinski definition) is 2. The lowest BCUT2D eigenvalue weighted by molar-refractivity contribution is 1.41. The Hall–Kier alpha value is -7.13. The molecule has 57 heavy (non-hydrogen) atoms. The van der Waals surface area contributed by atoms with Gasteiger partial charge in [-0.25, -0.2) is 0 Å². The zero-order chi connectivity index (χ0) is 37.5. The minimum atomic E-state index is 1.01. The van der Waals surface area contributed by atoms with Gasteiger partial charge in [0, 0.05) is 31.8 Å². The molecule has 10 aromatic carbocycles. The van der Waals surface area contributed by atoms with Crippen LogP contribution >= 0.6 is 11.3 Å². The van der Waals surface area contributed by atoms with Crippen LogP contribution in [0.2, 0.25) is 0 Å². The highest BCUT2D eigenvalue weighted by atomic mass is 32.1. The normalized spacial score (nSPS) is 11.9. The molecule has 0 spiro atoms. The second-order valence-electron chi connectivity index (χ2n) is 14.9. The molecule has 2 heterocycles. The highest BCUT2D eigenvalue weighted by Gasteiger charge is 2.23. The molecule has 2 aromatic heterocycles. The predicted molar refractivity (Wildman–Crippen MR) is 246 cm³/mol. The van der Waals surface area contributed by atoms with Gasteiger partial charge in [0.2, 0.25) is 0 Å². The second kappa shape index (κ2) is 12.7. The predicted octanol–water partition coefficient (Wildman–Crippen LogP) is 15.9. The van der Waals surface area contributed by atoms with Crippen LogP contribution in [-0.2, 0) is 0 Å². The number of hydrogen-bond donors (Lipinski definition) is 0. The van der Waals surface area contributed by atoms with Gasteiger partial charge in [0.15, 0.2) is 0 Å². The summed E-state index contributed by atoms with van der Waals surface area (Å²) < 4.78 is 2.59. The van der Waals surface area contributed by atoms with Crippen LogP contribution in [0.1, 0.15) is 0 Å². The molecule has 12 rings (SSSR count). The molecule has 0 fully saturated rings. The summed E-state index contributed by atoms with van der Waals surface area (Å²) in [7, 11) is 0. The maximum absolute atomic E-state index is 4.74. The first kappa shape index (κ1) is 32.1. The molecule has 2 heteroatoms. The third-order valence-corrected chi connectivity index (χ3v) is 13.0. The number of benzene rings is 10. The van der Waals surface area contributed by atoms with Crippen LogP contribution < -0.4 is 0 Å². The topological polar surface area (TPSA) is 12.9 Å². The first-order valence-corrected chi connectivity index (χ1v) is 20.4. The van der Waals surface area contributed by atoms with Gasteiger partial charge in [-0.3, -0.25) is 4.98 Å². The van der Waals surface area contributed by atoms with Gasteiger partial charge in [0.25, 0.3) is 0 Å². The molecule has 264 valence electrons. The van der Waals surface area contributed by atoms with Crippen LogP contribution in [0.25, 0.3) is 119 Å². The lowest BCUT2D eigenvalue weighted by Gasteiger charge is -2.20. The fourth-order valence-corrected chi connectivity index (χ4v) is 10.7. The van der Waals surface area contributed by atoms with Gasteiger partial charge in [0.05, 0.1) is 5.52 Å². The van der Waals surface area contributed by atoms with Gasteiger partial charge < -0.3 is 0 Å². The molecule has 0 atom stereocenters. The van der Waals surface area contributed by atoms with E-state index in [1.165, 1.54) is 108 Å². The van der Waals surface area contributed by atoms with E-state index in [1.54, 1.807) is 0 Å². The summed E-state index contributed by atoms with van der Waals surface area (Å²) in [4.78, 5) is 4.74. The summed E-state index contributed by atoms with van der Waals surface area (Å²) in [6, 6.07) is 71.5. The Morgan fingerprint density at radius 3 is 1.25 bits per heavy atom. The summed E-state index contributed by atoms with van der Waals surface area (Å²) >= 11 is 1.90. The third kappa shape index (κ3) is 4.84. The van der Waals surface area contributed by atoms with Crippen molar-refractivity contribution in [2.75, 3.05) is 0 Å². The van der Waals surface area contributed by atoms with Crippen LogP contribution in [0.5, 0.6) is 0 Å². The van der Waals surface area contributed by atoms with E-state index in [4.69, 9.17) is 4.98 Å². The van der Waals surface area contributed by atoms with Crippen molar-refractivity contribution in [2.45, 2.75) is 0 Å². The standard InChI is InChI=1S/C55H33NS/c1-2-15-35(16-3-1)50-37-18-4-8-22-41(37)52(42-23-9-5-19-38(42)50)45-26-12-28-48-54(45)55-46(27-13-29-49(55)57-48)53-43-24-10-6-20-39(43)51(40-21-7-11-25-44(40)53)36-31-30-34-17-14-32-56-47(34)33-36/h1-33H. The minimum absolute atomic E-state index is 1.01. The SMILES string of the molecule is c1ccc(-c2c3ccccc3c(-c3cccc4sc5cccc(-c6c7ccccc7c(-c7ccc8cccnc8c7)c7ccccc67)c5c34)c3ccccc23)cc1. The maximum atomic E-state index is 4.74. The summed E-state index contributed by atoms with van der Waals surface area (Å²) in [5, 5.41) is 13.8. The monoisotopic (exact) mass is 739 g/mol. The summed E-state index contributed by atoms with van der Waals surface area (Å²) in [6.45, 7) is 0. The zero-order valence-corrected chi connectivity index (χ0v) is 31.7. The van der Waals surface area contributed by atoms with Gasteiger partial charge in [-0.15, -0.1) is 11.3 Å². The Bertz CT molecular complexity index is 3460. The number of nitrogens with zero attached hydrogens (tertiary/aromatic N) is 1. The lowest BCUT2D eigenvalue weighted by atomic mass is 9.83. The molecule has 0 aliphatic rings. The van der Waals surface area contributed by atoms with E-state index in [-0.39, 0.29) is 0 Å². The Balaban J connectivity index is 1.20. The molecule has 12 aromatic rings. The van der Waals surface area contributed by atoms with E-state index in [9.17, 15) is 0 Å². The molecule has 0 saturated heterocycles. The van der Waals surface area contributed by atoms with E-state index < -0.39 is 0 Å². The first-order valence-electron chi connectivity index (χ1n) is 19.5. The average molecular weight is 740 g/mol. The van der Waals surface area contributed by atoms with Gasteiger partial charge in [-0.2, -0.15) is 0 Å². The lowest BCUT2D eigenvalue weighted by Crippen LogP contribution is -1.92. The average Bonchev–Trinajstić information content (AvgIpc) is 3.67. The first-order chi connectivity index (χ1) is 28.3. The minimum Gasteiger partial charge on any atom is -0.256 e. The van der Waals surface area contributed by atoms with Crippen molar-refractivity contribution in [3.63, 3.8) is 0 Å². The fraction of sp³-hybridized carbons (Fsp3) is 0. The largest absolute Gasteiger partial charge is 0.256 e. The van der Waals surface area contributed by atoms with Crippen molar-refractivity contribution in [1.82, 2.24) is 4.98 Å². The van der Waals surface area contributed by atoms with Crippen LogP contribution in [0.15, 0.2) is 200 Å². The quantitative estimate of drug-likeness (QED) is 0.164. The number of pyridine rings is 1. The van der Waals surface area contributed by atoms with Crippen molar-refractivity contribution in [2.24, 2.45) is 0 Å². The molecule has 0 unspecified atom stereocenters. The number of aromatic nitrogens is 1. The van der Waals surface area contributed by atoms with Gasteiger partial charge >= 0.3 is 0 Å². The molecule has 0 bridgehead atoms. The van der Waals surface area contributed by atoms with E-state index in [2.05, 4.69) is 188 Å². The van der Waals surface area contributed by atoms with Crippen molar-refractivity contribution in [3.05, 3.63) is 200 Å². The van der Waals surface area contributed by atoms with Gasteiger partial charge in [-0.1, -0.05) is 170 Å². The van der Waals surface area contributed by atoms with Crippen LogP contribution in [0.4, 0.5) is 0 Å². The summed E-state index contributed by atoms with van der Waals surface area (Å²) in [6.07, 6.45) is 1.88. The Labute approximate surface area is 333 Å². The molecule has 0 radical (unpaired) electrons. The van der Waals surface area contributed by atoms with Gasteiger partial charge in [-0.05, 0) is 112 Å². The van der Waals surface area contributed by atoms with Crippen molar-refractivity contribution in [3.8, 4) is 44.5 Å². The molecular formula is C55H33NS. The fourth-order valence-electron chi connectivity index (χ4n) is 9.57. The van der Waals surface area contributed by atoms with E-state index in [1.807, 2.05) is 23.6 Å². The summed E-state index contributed by atoms with van der Waals surface area (Å²) in [5.41, 5.74) is 11.1. The molecule has 0 aliphatic heterocycles. The molecule has 0 aliphatic carbocycles. The van der Waals surface area contributed by atoms with E-state index >= 15 is 0 Å². The molecular weight excluding hydrogens is 707 g/mol. The second-order valence-corrected chi connectivity index (χ2v) is 16.0. The van der Waals surface area contributed by atoms with Crippen LogP contribution in [0, 0.1) is 0 Å². The number of rotatable bonds is 4. The smallest absolute Gasteiger partial charge is 0.0708 e. The van der Waals surface area contributed by atoms with E-state index in [0.29, 0.717) is 0 Å². The third-order valence-electron chi connectivity index (χ3n) is 11.9. The molecule has 0 amide bonds. The molecule has 0 saturated carbocycles. The highest BCUT2D eigenvalue weighted by molar-refractivity contribution is 7.26. The zero-order valence-electron chi connectivity index (χ0n) is 30.9. The Morgan fingerprint density at radius 1 is 0.316 bits per heavy atom. The molecule has 0 N–H and O–H groups in total. The Kier molecular flexibility index (Phi) is 7.17. The number of thiophene rings is 1. The van der Waals surface area contributed by atoms with Crippen LogP contribution in [0.3, 0.4) is 0 Å². The van der Waals surface area contributed by atoms with Crippen molar-refractivity contribution < 1.29 is 0 Å². The molecule has 1 nitrogen and oxygen atoms in total. The number of fused-ring (bicyclic) bond motifs is 8.